The molecular weight excluding hydrogens is 188 g/mol. The SMILES string of the molecule is CO[C@H]1CNCCC1NC1CCCCC1. The van der Waals surface area contributed by atoms with Gasteiger partial charge < -0.3 is 15.4 Å². The molecule has 0 aromatic rings. The smallest absolute Gasteiger partial charge is 0.0848 e. The van der Waals surface area contributed by atoms with E-state index in [1.165, 1.54) is 38.5 Å². The van der Waals surface area contributed by atoms with Gasteiger partial charge in [-0.15, -0.1) is 0 Å². The topological polar surface area (TPSA) is 33.3 Å². The average Bonchev–Trinajstić information content (AvgIpc) is 2.31. The number of ether oxygens (including phenoxy) is 1. The van der Waals surface area contributed by atoms with Gasteiger partial charge in [0.1, 0.15) is 0 Å². The Kier molecular flexibility index (Phi) is 4.42. The summed E-state index contributed by atoms with van der Waals surface area (Å²) in [7, 11) is 1.83. The predicted molar refractivity (Wildman–Crippen MR) is 62.1 cm³/mol. The van der Waals surface area contributed by atoms with Crippen LogP contribution >= 0.6 is 0 Å². The first-order valence-corrected chi connectivity index (χ1v) is 6.39. The van der Waals surface area contributed by atoms with Crippen molar-refractivity contribution in [2.75, 3.05) is 20.2 Å². The highest BCUT2D eigenvalue weighted by atomic mass is 16.5. The molecule has 15 heavy (non-hydrogen) atoms. The maximum Gasteiger partial charge on any atom is 0.0848 e. The van der Waals surface area contributed by atoms with Gasteiger partial charge >= 0.3 is 0 Å². The number of piperidine rings is 1. The fraction of sp³-hybridized carbons (Fsp3) is 1.00. The quantitative estimate of drug-likeness (QED) is 0.739. The summed E-state index contributed by atoms with van der Waals surface area (Å²) in [5.41, 5.74) is 0. The fourth-order valence-corrected chi connectivity index (χ4v) is 2.84. The van der Waals surface area contributed by atoms with Crippen molar-refractivity contribution >= 4 is 0 Å². The second-order valence-electron chi connectivity index (χ2n) is 4.88. The molecule has 3 nitrogen and oxygen atoms in total. The summed E-state index contributed by atoms with van der Waals surface area (Å²) in [6, 6.07) is 1.32. The van der Waals surface area contributed by atoms with E-state index in [4.69, 9.17) is 4.74 Å². The average molecular weight is 212 g/mol. The van der Waals surface area contributed by atoms with Crippen LogP contribution in [0.25, 0.3) is 0 Å². The molecular formula is C12H24N2O. The van der Waals surface area contributed by atoms with E-state index in [0.717, 1.165) is 19.1 Å². The largest absolute Gasteiger partial charge is 0.379 e. The molecule has 1 unspecified atom stereocenters. The van der Waals surface area contributed by atoms with Crippen molar-refractivity contribution < 1.29 is 4.74 Å². The first-order valence-electron chi connectivity index (χ1n) is 6.39. The molecule has 1 aliphatic carbocycles. The maximum absolute atomic E-state index is 5.52. The maximum atomic E-state index is 5.52. The lowest BCUT2D eigenvalue weighted by Gasteiger charge is -2.36. The van der Waals surface area contributed by atoms with Crippen molar-refractivity contribution in [3.63, 3.8) is 0 Å². The van der Waals surface area contributed by atoms with Crippen LogP contribution in [0.2, 0.25) is 0 Å². The number of nitrogens with one attached hydrogen (secondary N) is 2. The highest BCUT2D eigenvalue weighted by molar-refractivity contribution is 4.87. The van der Waals surface area contributed by atoms with Crippen molar-refractivity contribution in [3.05, 3.63) is 0 Å². The highest BCUT2D eigenvalue weighted by Crippen LogP contribution is 2.19. The molecule has 0 aromatic heterocycles. The molecule has 1 saturated heterocycles. The molecule has 2 fully saturated rings. The van der Waals surface area contributed by atoms with Crippen molar-refractivity contribution in [1.82, 2.24) is 10.6 Å². The van der Waals surface area contributed by atoms with Crippen molar-refractivity contribution in [1.29, 1.82) is 0 Å². The van der Waals surface area contributed by atoms with Crippen LogP contribution in [0.4, 0.5) is 0 Å². The zero-order valence-corrected chi connectivity index (χ0v) is 9.80. The third-order valence-electron chi connectivity index (χ3n) is 3.78. The zero-order chi connectivity index (χ0) is 10.5. The molecule has 2 rings (SSSR count). The molecule has 0 radical (unpaired) electrons. The van der Waals surface area contributed by atoms with E-state index in [0.29, 0.717) is 12.1 Å². The molecule has 1 heterocycles. The Balaban J connectivity index is 1.79. The predicted octanol–water partition coefficient (Wildman–Crippen LogP) is 1.29. The van der Waals surface area contributed by atoms with E-state index in [9.17, 15) is 0 Å². The Morgan fingerprint density at radius 1 is 1.13 bits per heavy atom. The lowest BCUT2D eigenvalue weighted by molar-refractivity contribution is 0.0455. The molecule has 2 atom stereocenters. The van der Waals surface area contributed by atoms with Gasteiger partial charge in [0, 0.05) is 25.7 Å². The summed E-state index contributed by atoms with van der Waals surface area (Å²) in [4.78, 5) is 0. The van der Waals surface area contributed by atoms with Gasteiger partial charge in [-0.3, -0.25) is 0 Å². The van der Waals surface area contributed by atoms with Gasteiger partial charge in [0.2, 0.25) is 0 Å². The summed E-state index contributed by atoms with van der Waals surface area (Å²) in [5, 5.41) is 7.18. The Morgan fingerprint density at radius 3 is 2.67 bits per heavy atom. The van der Waals surface area contributed by atoms with Crippen LogP contribution in [-0.2, 0) is 4.74 Å². The van der Waals surface area contributed by atoms with Gasteiger partial charge in [0.25, 0.3) is 0 Å². The van der Waals surface area contributed by atoms with Gasteiger partial charge in [-0.25, -0.2) is 0 Å². The number of methoxy groups -OCH3 is 1. The lowest BCUT2D eigenvalue weighted by atomic mass is 9.93. The third kappa shape index (κ3) is 3.16. The lowest BCUT2D eigenvalue weighted by Crippen LogP contribution is -2.54. The number of rotatable bonds is 3. The molecule has 2 N–H and O–H groups in total. The monoisotopic (exact) mass is 212 g/mol. The Morgan fingerprint density at radius 2 is 1.93 bits per heavy atom. The van der Waals surface area contributed by atoms with Crippen LogP contribution in [0.15, 0.2) is 0 Å². The van der Waals surface area contributed by atoms with Gasteiger partial charge in [-0.1, -0.05) is 19.3 Å². The summed E-state index contributed by atoms with van der Waals surface area (Å²) in [5.74, 6) is 0. The van der Waals surface area contributed by atoms with Crippen LogP contribution in [-0.4, -0.2) is 38.4 Å². The highest BCUT2D eigenvalue weighted by Gasteiger charge is 2.27. The molecule has 1 saturated carbocycles. The van der Waals surface area contributed by atoms with Gasteiger partial charge in [-0.2, -0.15) is 0 Å². The summed E-state index contributed by atoms with van der Waals surface area (Å²) in [6.45, 7) is 2.13. The minimum absolute atomic E-state index is 0.362. The first kappa shape index (κ1) is 11.4. The fourth-order valence-electron chi connectivity index (χ4n) is 2.84. The van der Waals surface area contributed by atoms with E-state index in [2.05, 4.69) is 10.6 Å². The van der Waals surface area contributed by atoms with Crippen LogP contribution < -0.4 is 10.6 Å². The molecule has 3 heteroatoms. The molecule has 1 aliphatic heterocycles. The standard InChI is InChI=1S/C12H24N2O/c1-15-12-9-13-8-7-11(12)14-10-5-3-2-4-6-10/h10-14H,2-9H2,1H3/t11?,12-/m0/s1. The van der Waals surface area contributed by atoms with E-state index in [1.54, 1.807) is 0 Å². The van der Waals surface area contributed by atoms with Gasteiger partial charge in [-0.05, 0) is 25.8 Å². The summed E-state index contributed by atoms with van der Waals surface area (Å²) >= 11 is 0. The minimum Gasteiger partial charge on any atom is -0.379 e. The molecule has 0 aromatic carbocycles. The Bertz CT molecular complexity index is 180. The summed E-state index contributed by atoms with van der Waals surface area (Å²) in [6.07, 6.45) is 8.52. The van der Waals surface area contributed by atoms with E-state index < -0.39 is 0 Å². The zero-order valence-electron chi connectivity index (χ0n) is 9.80. The van der Waals surface area contributed by atoms with E-state index in [1.807, 2.05) is 7.11 Å². The van der Waals surface area contributed by atoms with Crippen molar-refractivity contribution in [3.8, 4) is 0 Å². The first-order chi connectivity index (χ1) is 7.40. The van der Waals surface area contributed by atoms with Crippen molar-refractivity contribution in [2.24, 2.45) is 0 Å². The molecule has 0 amide bonds. The van der Waals surface area contributed by atoms with Crippen LogP contribution in [0.3, 0.4) is 0 Å². The molecule has 88 valence electrons. The van der Waals surface area contributed by atoms with Crippen LogP contribution in [0.1, 0.15) is 38.5 Å². The van der Waals surface area contributed by atoms with E-state index >= 15 is 0 Å². The third-order valence-corrected chi connectivity index (χ3v) is 3.78. The molecule has 2 aliphatic rings. The molecule has 0 bridgehead atoms. The van der Waals surface area contributed by atoms with E-state index in [-0.39, 0.29) is 0 Å². The second-order valence-corrected chi connectivity index (χ2v) is 4.88. The molecule has 0 spiro atoms. The van der Waals surface area contributed by atoms with Gasteiger partial charge in [0.05, 0.1) is 6.10 Å². The normalized spacial score (nSPS) is 34.2. The second kappa shape index (κ2) is 5.83. The van der Waals surface area contributed by atoms with Crippen molar-refractivity contribution in [2.45, 2.75) is 56.7 Å². The number of hydrogen-bond acceptors (Lipinski definition) is 3. The number of hydrogen-bond donors (Lipinski definition) is 2. The van der Waals surface area contributed by atoms with Gasteiger partial charge in [0.15, 0.2) is 0 Å². The minimum atomic E-state index is 0.362. The summed E-state index contributed by atoms with van der Waals surface area (Å²) < 4.78 is 5.52. The van der Waals surface area contributed by atoms with Crippen LogP contribution in [0, 0.1) is 0 Å². The Labute approximate surface area is 93.0 Å². The van der Waals surface area contributed by atoms with Crippen LogP contribution in [0.5, 0.6) is 0 Å². The Hall–Kier alpha value is -0.120.